The number of nitrogens with zero attached hydrogens (tertiary/aromatic N) is 1. The van der Waals surface area contributed by atoms with Crippen LogP contribution in [0.4, 0.5) is 17.1 Å². The first kappa shape index (κ1) is 27.9. The molecule has 4 rings (SSSR count). The molecule has 0 aromatic heterocycles. The van der Waals surface area contributed by atoms with Gasteiger partial charge in [0.05, 0.1) is 15.5 Å². The number of carbonyl (C=O) groups excluding carboxylic acids is 1. The number of amides is 1. The van der Waals surface area contributed by atoms with Crippen LogP contribution in [0, 0.1) is 20.8 Å². The summed E-state index contributed by atoms with van der Waals surface area (Å²) in [5.74, 6) is -0.582. The molecule has 0 aliphatic rings. The van der Waals surface area contributed by atoms with Crippen LogP contribution >= 0.6 is 0 Å². The monoisotopic (exact) mass is 563 g/mol. The standard InChI is InChI=1S/C29H29N3O5S2/c1-21-8-7-9-25(18-21)31-38(34,35)27-16-13-24(14-17-27)30-29(33)20-32(26-15-12-22(2)23(3)19-26)39(36,37)28-10-5-4-6-11-28/h4-19,31H,20H2,1-3H3,(H,30,33). The maximum absolute atomic E-state index is 13.5. The van der Waals surface area contributed by atoms with Crippen molar-refractivity contribution in [1.29, 1.82) is 0 Å². The Kier molecular flexibility index (Phi) is 8.08. The summed E-state index contributed by atoms with van der Waals surface area (Å²) in [6.07, 6.45) is 0. The molecule has 0 spiro atoms. The van der Waals surface area contributed by atoms with Crippen LogP contribution in [-0.4, -0.2) is 29.3 Å². The molecule has 0 fully saturated rings. The molecule has 0 unspecified atom stereocenters. The summed E-state index contributed by atoms with van der Waals surface area (Å²) in [4.78, 5) is 13.1. The van der Waals surface area contributed by atoms with Crippen molar-refractivity contribution in [2.24, 2.45) is 0 Å². The second-order valence-electron chi connectivity index (χ2n) is 9.14. The van der Waals surface area contributed by atoms with Crippen LogP contribution in [0.15, 0.2) is 107 Å². The maximum atomic E-state index is 13.5. The van der Waals surface area contributed by atoms with Gasteiger partial charge < -0.3 is 5.32 Å². The number of sulfonamides is 2. The molecule has 1 amide bonds. The largest absolute Gasteiger partial charge is 0.325 e. The zero-order valence-corrected chi connectivity index (χ0v) is 23.4. The van der Waals surface area contributed by atoms with Crippen molar-refractivity contribution < 1.29 is 21.6 Å². The summed E-state index contributed by atoms with van der Waals surface area (Å²) >= 11 is 0. The number of benzene rings is 4. The first-order valence-corrected chi connectivity index (χ1v) is 15.0. The van der Waals surface area contributed by atoms with Crippen LogP contribution < -0.4 is 14.3 Å². The van der Waals surface area contributed by atoms with Gasteiger partial charge in [-0.05, 0) is 98.1 Å². The Hall–Kier alpha value is -4.15. The lowest BCUT2D eigenvalue weighted by atomic mass is 10.1. The fourth-order valence-corrected chi connectivity index (χ4v) is 6.37. The smallest absolute Gasteiger partial charge is 0.264 e. The van der Waals surface area contributed by atoms with Gasteiger partial charge in [0, 0.05) is 11.4 Å². The average Bonchev–Trinajstić information content (AvgIpc) is 2.89. The summed E-state index contributed by atoms with van der Waals surface area (Å²) in [6.45, 7) is 5.17. The van der Waals surface area contributed by atoms with E-state index in [1.54, 1.807) is 54.6 Å². The summed E-state index contributed by atoms with van der Waals surface area (Å²) in [5.41, 5.74) is 3.92. The van der Waals surface area contributed by atoms with Gasteiger partial charge in [0.2, 0.25) is 5.91 Å². The van der Waals surface area contributed by atoms with Crippen LogP contribution in [-0.2, 0) is 24.8 Å². The highest BCUT2D eigenvalue weighted by molar-refractivity contribution is 7.93. The number of hydrogen-bond donors (Lipinski definition) is 2. The van der Waals surface area contributed by atoms with Crippen LogP contribution in [0.1, 0.15) is 16.7 Å². The average molecular weight is 564 g/mol. The molecule has 0 bridgehead atoms. The van der Waals surface area contributed by atoms with E-state index in [-0.39, 0.29) is 9.79 Å². The van der Waals surface area contributed by atoms with Gasteiger partial charge in [-0.25, -0.2) is 16.8 Å². The molecule has 202 valence electrons. The van der Waals surface area contributed by atoms with E-state index < -0.39 is 32.5 Å². The molecule has 0 heterocycles. The SMILES string of the molecule is Cc1cccc(NS(=O)(=O)c2ccc(NC(=O)CN(c3ccc(C)c(C)c3)S(=O)(=O)c3ccccc3)cc2)c1. The van der Waals surface area contributed by atoms with Crippen molar-refractivity contribution in [2.45, 2.75) is 30.6 Å². The molecule has 0 atom stereocenters. The molecule has 0 saturated carbocycles. The van der Waals surface area contributed by atoms with E-state index in [0.29, 0.717) is 17.1 Å². The van der Waals surface area contributed by atoms with Crippen molar-refractivity contribution in [3.05, 3.63) is 114 Å². The molecule has 0 radical (unpaired) electrons. The van der Waals surface area contributed by atoms with Crippen LogP contribution in [0.25, 0.3) is 0 Å². The second kappa shape index (κ2) is 11.3. The third-order valence-corrected chi connectivity index (χ3v) is 9.30. The predicted molar refractivity (Wildman–Crippen MR) is 154 cm³/mol. The van der Waals surface area contributed by atoms with Gasteiger partial charge in [-0.2, -0.15) is 0 Å². The van der Waals surface area contributed by atoms with Gasteiger partial charge in [-0.1, -0.05) is 36.4 Å². The molecule has 4 aromatic rings. The van der Waals surface area contributed by atoms with E-state index in [0.717, 1.165) is 21.0 Å². The Bertz CT molecular complexity index is 1700. The van der Waals surface area contributed by atoms with Crippen molar-refractivity contribution in [3.63, 3.8) is 0 Å². The lowest BCUT2D eigenvalue weighted by Gasteiger charge is -2.25. The summed E-state index contributed by atoms with van der Waals surface area (Å²) < 4.78 is 56.2. The third-order valence-electron chi connectivity index (χ3n) is 6.12. The Balaban J connectivity index is 1.54. The molecule has 0 aliphatic heterocycles. The molecular formula is C29H29N3O5S2. The van der Waals surface area contributed by atoms with Crippen molar-refractivity contribution >= 4 is 43.0 Å². The number of carbonyl (C=O) groups is 1. The van der Waals surface area contributed by atoms with E-state index in [4.69, 9.17) is 0 Å². The highest BCUT2D eigenvalue weighted by Gasteiger charge is 2.27. The topological polar surface area (TPSA) is 113 Å². The van der Waals surface area contributed by atoms with Gasteiger partial charge in [-0.3, -0.25) is 13.8 Å². The lowest BCUT2D eigenvalue weighted by molar-refractivity contribution is -0.114. The number of rotatable bonds is 9. The molecular weight excluding hydrogens is 534 g/mol. The molecule has 0 saturated heterocycles. The Morgan fingerprint density at radius 1 is 0.692 bits per heavy atom. The van der Waals surface area contributed by atoms with Crippen LogP contribution in [0.5, 0.6) is 0 Å². The highest BCUT2D eigenvalue weighted by Crippen LogP contribution is 2.26. The van der Waals surface area contributed by atoms with E-state index >= 15 is 0 Å². The van der Waals surface area contributed by atoms with Gasteiger partial charge in [-0.15, -0.1) is 0 Å². The molecule has 8 nitrogen and oxygen atoms in total. The lowest BCUT2D eigenvalue weighted by Crippen LogP contribution is -2.38. The first-order chi connectivity index (χ1) is 18.5. The van der Waals surface area contributed by atoms with Crippen LogP contribution in [0.2, 0.25) is 0 Å². The minimum Gasteiger partial charge on any atom is -0.325 e. The maximum Gasteiger partial charge on any atom is 0.264 e. The minimum absolute atomic E-state index is 0.0189. The summed E-state index contributed by atoms with van der Waals surface area (Å²) in [5, 5.41) is 2.67. The van der Waals surface area contributed by atoms with Gasteiger partial charge in [0.25, 0.3) is 20.0 Å². The third kappa shape index (κ3) is 6.65. The van der Waals surface area contributed by atoms with Gasteiger partial charge in [0.15, 0.2) is 0 Å². The van der Waals surface area contributed by atoms with Gasteiger partial charge in [0.1, 0.15) is 6.54 Å². The van der Waals surface area contributed by atoms with Crippen molar-refractivity contribution in [3.8, 4) is 0 Å². The molecule has 39 heavy (non-hydrogen) atoms. The van der Waals surface area contributed by atoms with E-state index in [1.807, 2.05) is 26.8 Å². The Morgan fingerprint density at radius 2 is 1.38 bits per heavy atom. The van der Waals surface area contributed by atoms with Gasteiger partial charge >= 0.3 is 0 Å². The number of anilines is 3. The normalized spacial score (nSPS) is 11.6. The fourth-order valence-electron chi connectivity index (χ4n) is 3.89. The summed E-state index contributed by atoms with van der Waals surface area (Å²) in [7, 11) is -7.88. The zero-order chi connectivity index (χ0) is 28.2. The molecule has 2 N–H and O–H groups in total. The van der Waals surface area contributed by atoms with E-state index in [9.17, 15) is 21.6 Å². The number of aryl methyl sites for hydroxylation is 3. The quantitative estimate of drug-likeness (QED) is 0.289. The Labute approximate surface area is 229 Å². The molecule has 0 aliphatic carbocycles. The highest BCUT2D eigenvalue weighted by atomic mass is 32.2. The molecule has 4 aromatic carbocycles. The van der Waals surface area contributed by atoms with E-state index in [2.05, 4.69) is 10.0 Å². The van der Waals surface area contributed by atoms with Crippen LogP contribution in [0.3, 0.4) is 0 Å². The summed E-state index contributed by atoms with van der Waals surface area (Å²) in [6, 6.07) is 25.7. The predicted octanol–water partition coefficient (Wildman–Crippen LogP) is 5.25. The van der Waals surface area contributed by atoms with Crippen molar-refractivity contribution in [2.75, 3.05) is 20.9 Å². The zero-order valence-electron chi connectivity index (χ0n) is 21.7. The Morgan fingerprint density at radius 3 is 2.03 bits per heavy atom. The number of nitrogens with one attached hydrogen (secondary N) is 2. The second-order valence-corrected chi connectivity index (χ2v) is 12.7. The minimum atomic E-state index is -4.05. The van der Waals surface area contributed by atoms with E-state index in [1.165, 1.54) is 36.4 Å². The first-order valence-electron chi connectivity index (χ1n) is 12.1. The number of hydrogen-bond acceptors (Lipinski definition) is 5. The fraction of sp³-hybridized carbons (Fsp3) is 0.138. The van der Waals surface area contributed by atoms with Crippen molar-refractivity contribution in [1.82, 2.24) is 0 Å². The molecule has 10 heteroatoms.